The summed E-state index contributed by atoms with van der Waals surface area (Å²) < 4.78 is 1.87. The molecule has 25 heavy (non-hydrogen) atoms. The number of aromatic amines is 1. The fourth-order valence-corrected chi connectivity index (χ4v) is 4.06. The summed E-state index contributed by atoms with van der Waals surface area (Å²) in [6, 6.07) is 7.96. The smallest absolute Gasteiger partial charge is 0.326 e. The minimum Gasteiger partial charge on any atom is -0.341 e. The van der Waals surface area contributed by atoms with Crippen LogP contribution in [0.4, 0.5) is 0 Å². The van der Waals surface area contributed by atoms with Gasteiger partial charge in [0.15, 0.2) is 0 Å². The van der Waals surface area contributed by atoms with Crippen molar-refractivity contribution in [2.75, 3.05) is 19.6 Å². The second-order valence-corrected chi connectivity index (χ2v) is 6.88. The monoisotopic (exact) mass is 364 g/mol. The van der Waals surface area contributed by atoms with Crippen LogP contribution in [0, 0.1) is 0 Å². The molecule has 2 aromatic rings. The first-order valence-corrected chi connectivity index (χ1v) is 8.95. The minimum atomic E-state index is -0.0464. The minimum absolute atomic E-state index is 0. The lowest BCUT2D eigenvalue weighted by atomic mass is 10.00. The number of piperidine rings is 2. The van der Waals surface area contributed by atoms with Gasteiger partial charge in [-0.15, -0.1) is 12.4 Å². The normalized spacial score (nSPS) is 21.9. The number of carbonyl (C=O) groups is 1. The number of carbonyl (C=O) groups excluding carboxylic acids is 1. The van der Waals surface area contributed by atoms with Crippen LogP contribution in [0.25, 0.3) is 11.0 Å². The van der Waals surface area contributed by atoms with Crippen molar-refractivity contribution in [2.45, 2.75) is 44.2 Å². The lowest BCUT2D eigenvalue weighted by molar-refractivity contribution is -0.135. The van der Waals surface area contributed by atoms with E-state index < -0.39 is 0 Å². The summed E-state index contributed by atoms with van der Waals surface area (Å²) in [5.74, 6) is 0.236. The topological polar surface area (TPSA) is 70.1 Å². The zero-order valence-corrected chi connectivity index (χ0v) is 15.1. The quantitative estimate of drug-likeness (QED) is 0.856. The van der Waals surface area contributed by atoms with Gasteiger partial charge in [-0.05, 0) is 44.4 Å². The first-order valence-electron chi connectivity index (χ1n) is 8.95. The highest BCUT2D eigenvalue weighted by Gasteiger charge is 2.30. The predicted molar refractivity (Wildman–Crippen MR) is 100 cm³/mol. The van der Waals surface area contributed by atoms with Crippen molar-refractivity contribution in [1.82, 2.24) is 19.8 Å². The second kappa shape index (κ2) is 7.62. The Balaban J connectivity index is 0.00000182. The number of para-hydroxylation sites is 2. The van der Waals surface area contributed by atoms with Crippen molar-refractivity contribution in [1.29, 1.82) is 0 Å². The van der Waals surface area contributed by atoms with E-state index in [0.717, 1.165) is 62.8 Å². The van der Waals surface area contributed by atoms with Crippen molar-refractivity contribution in [3.8, 4) is 0 Å². The van der Waals surface area contributed by atoms with E-state index in [1.165, 1.54) is 0 Å². The molecule has 0 saturated carbocycles. The lowest BCUT2D eigenvalue weighted by Gasteiger charge is -2.35. The number of halogens is 1. The number of hydrogen-bond donors (Lipinski definition) is 2. The fourth-order valence-electron chi connectivity index (χ4n) is 4.06. The zero-order valence-electron chi connectivity index (χ0n) is 14.2. The lowest BCUT2D eigenvalue weighted by Crippen LogP contribution is -2.51. The number of rotatable bonds is 2. The number of amides is 1. The number of hydrogen-bond acceptors (Lipinski definition) is 3. The number of fused-ring (bicyclic) bond motifs is 1. The Morgan fingerprint density at radius 3 is 2.56 bits per heavy atom. The van der Waals surface area contributed by atoms with Gasteiger partial charge in [0, 0.05) is 19.1 Å². The predicted octanol–water partition coefficient (Wildman–Crippen LogP) is 2.06. The van der Waals surface area contributed by atoms with Crippen LogP contribution < -0.4 is 11.0 Å². The third kappa shape index (κ3) is 3.46. The van der Waals surface area contributed by atoms with Crippen LogP contribution in [0.1, 0.15) is 38.1 Å². The highest BCUT2D eigenvalue weighted by molar-refractivity contribution is 5.85. The molecule has 3 heterocycles. The van der Waals surface area contributed by atoms with E-state index in [0.29, 0.717) is 0 Å². The van der Waals surface area contributed by atoms with Gasteiger partial charge in [0.2, 0.25) is 5.91 Å². The number of H-pyrrole nitrogens is 1. The van der Waals surface area contributed by atoms with Gasteiger partial charge in [-0.2, -0.15) is 0 Å². The van der Waals surface area contributed by atoms with Gasteiger partial charge < -0.3 is 15.2 Å². The number of nitrogens with zero attached hydrogens (tertiary/aromatic N) is 2. The molecule has 1 aromatic heterocycles. The number of benzene rings is 1. The van der Waals surface area contributed by atoms with Crippen molar-refractivity contribution in [3.05, 3.63) is 34.7 Å². The molecule has 2 saturated heterocycles. The molecule has 1 amide bonds. The molecule has 0 radical (unpaired) electrons. The van der Waals surface area contributed by atoms with Crippen LogP contribution >= 0.6 is 12.4 Å². The van der Waals surface area contributed by atoms with Crippen LogP contribution in [-0.4, -0.2) is 46.0 Å². The highest BCUT2D eigenvalue weighted by Crippen LogP contribution is 2.25. The van der Waals surface area contributed by atoms with Gasteiger partial charge in [0.05, 0.1) is 17.1 Å². The molecule has 7 heteroatoms. The molecule has 0 bridgehead atoms. The first kappa shape index (κ1) is 18.0. The van der Waals surface area contributed by atoms with Gasteiger partial charge in [0.25, 0.3) is 0 Å². The summed E-state index contributed by atoms with van der Waals surface area (Å²) in [7, 11) is 0. The molecule has 0 unspecified atom stereocenters. The van der Waals surface area contributed by atoms with E-state index in [4.69, 9.17) is 0 Å². The van der Waals surface area contributed by atoms with E-state index in [2.05, 4.69) is 10.3 Å². The molecule has 136 valence electrons. The van der Waals surface area contributed by atoms with E-state index in [1.807, 2.05) is 33.7 Å². The Bertz CT molecular complexity index is 786. The molecule has 0 aliphatic carbocycles. The van der Waals surface area contributed by atoms with Crippen molar-refractivity contribution < 1.29 is 4.79 Å². The number of imidazole rings is 1. The summed E-state index contributed by atoms with van der Waals surface area (Å²) in [6.45, 7) is 2.40. The second-order valence-electron chi connectivity index (χ2n) is 6.88. The molecule has 0 spiro atoms. The Kier molecular flexibility index (Phi) is 5.49. The summed E-state index contributed by atoms with van der Waals surface area (Å²) in [6.07, 6.45) is 4.90. The molecule has 1 aromatic carbocycles. The number of nitrogens with one attached hydrogen (secondary N) is 2. The standard InChI is InChI=1S/C18H24N4O2.ClH/c23-17(15-6-3-4-10-19-15)21-11-8-13(9-12-21)22-16-7-2-1-5-14(16)20-18(22)24;/h1-2,5,7,13,15,19H,3-4,6,8-12H2,(H,20,24);1H/t15-;/m0./s1. The van der Waals surface area contributed by atoms with Crippen molar-refractivity contribution in [2.24, 2.45) is 0 Å². The average molecular weight is 365 g/mol. The van der Waals surface area contributed by atoms with Crippen LogP contribution in [0.5, 0.6) is 0 Å². The maximum Gasteiger partial charge on any atom is 0.326 e. The first-order chi connectivity index (χ1) is 11.7. The molecule has 2 aliphatic heterocycles. The van der Waals surface area contributed by atoms with Gasteiger partial charge in [0.1, 0.15) is 0 Å². The van der Waals surface area contributed by atoms with Crippen molar-refractivity contribution in [3.63, 3.8) is 0 Å². The largest absolute Gasteiger partial charge is 0.341 e. The number of likely N-dealkylation sites (tertiary alicyclic amines) is 1. The Hall–Kier alpha value is -1.79. The zero-order chi connectivity index (χ0) is 16.5. The van der Waals surface area contributed by atoms with Gasteiger partial charge >= 0.3 is 5.69 Å². The van der Waals surface area contributed by atoms with Crippen LogP contribution in [0.2, 0.25) is 0 Å². The Morgan fingerprint density at radius 1 is 1.08 bits per heavy atom. The molecular formula is C18H25ClN4O2. The van der Waals surface area contributed by atoms with E-state index in [-0.39, 0.29) is 36.1 Å². The van der Waals surface area contributed by atoms with Crippen LogP contribution in [-0.2, 0) is 4.79 Å². The molecule has 6 nitrogen and oxygen atoms in total. The summed E-state index contributed by atoms with van der Waals surface area (Å²) >= 11 is 0. The molecule has 2 N–H and O–H groups in total. The van der Waals surface area contributed by atoms with Gasteiger partial charge in [-0.3, -0.25) is 9.36 Å². The number of aromatic nitrogens is 2. The van der Waals surface area contributed by atoms with Gasteiger partial charge in [-0.1, -0.05) is 18.6 Å². The van der Waals surface area contributed by atoms with Crippen LogP contribution in [0.15, 0.2) is 29.1 Å². The van der Waals surface area contributed by atoms with E-state index >= 15 is 0 Å². The maximum atomic E-state index is 12.6. The van der Waals surface area contributed by atoms with Crippen molar-refractivity contribution >= 4 is 29.3 Å². The summed E-state index contributed by atoms with van der Waals surface area (Å²) in [5, 5.41) is 3.34. The molecular weight excluding hydrogens is 340 g/mol. The average Bonchev–Trinajstić information content (AvgIpc) is 2.98. The Labute approximate surface area is 153 Å². The molecule has 1 atom stereocenters. The summed E-state index contributed by atoms with van der Waals surface area (Å²) in [5.41, 5.74) is 1.79. The summed E-state index contributed by atoms with van der Waals surface area (Å²) in [4.78, 5) is 29.8. The third-order valence-electron chi connectivity index (χ3n) is 5.37. The Morgan fingerprint density at radius 2 is 1.84 bits per heavy atom. The van der Waals surface area contributed by atoms with E-state index in [9.17, 15) is 9.59 Å². The van der Waals surface area contributed by atoms with E-state index in [1.54, 1.807) is 0 Å². The molecule has 2 aliphatic rings. The maximum absolute atomic E-state index is 12.6. The third-order valence-corrected chi connectivity index (χ3v) is 5.37. The van der Waals surface area contributed by atoms with Gasteiger partial charge in [-0.25, -0.2) is 4.79 Å². The highest BCUT2D eigenvalue weighted by atomic mass is 35.5. The van der Waals surface area contributed by atoms with Crippen LogP contribution in [0.3, 0.4) is 0 Å². The SMILES string of the molecule is Cl.O=C([C@@H]1CCCCN1)N1CCC(n2c(=O)[nH]c3ccccc32)CC1. The fraction of sp³-hybridized carbons (Fsp3) is 0.556. The molecule has 2 fully saturated rings. The molecule has 4 rings (SSSR count).